The van der Waals surface area contributed by atoms with Crippen molar-refractivity contribution in [1.29, 1.82) is 0 Å². The summed E-state index contributed by atoms with van der Waals surface area (Å²) in [6.45, 7) is 2.60. The first-order valence-electron chi connectivity index (χ1n) is 5.17. The zero-order valence-corrected chi connectivity index (χ0v) is 8.44. The van der Waals surface area contributed by atoms with E-state index < -0.39 is 0 Å². The van der Waals surface area contributed by atoms with Crippen LogP contribution in [0, 0.1) is 0 Å². The quantitative estimate of drug-likeness (QED) is 0.796. The van der Waals surface area contributed by atoms with Gasteiger partial charge >= 0.3 is 0 Å². The van der Waals surface area contributed by atoms with Gasteiger partial charge in [-0.15, -0.1) is 0 Å². The molecular weight excluding hydrogens is 176 g/mol. The van der Waals surface area contributed by atoms with Crippen LogP contribution in [0.15, 0.2) is 24.3 Å². The molecule has 2 rings (SSSR count). The average Bonchev–Trinajstić information content (AvgIpc) is 2.58. The van der Waals surface area contributed by atoms with Crippen LogP contribution in [-0.4, -0.2) is 17.8 Å². The van der Waals surface area contributed by atoms with Gasteiger partial charge in [-0.3, -0.25) is 0 Å². The molecule has 1 aliphatic heterocycles. The number of rotatable bonds is 3. The summed E-state index contributed by atoms with van der Waals surface area (Å²) in [6, 6.07) is 8.17. The normalized spacial score (nSPS) is 21.4. The third-order valence-electron chi connectivity index (χ3n) is 2.73. The van der Waals surface area contributed by atoms with Crippen LogP contribution >= 0.6 is 0 Å². The van der Waals surface area contributed by atoms with Crippen LogP contribution in [0.25, 0.3) is 0 Å². The highest BCUT2D eigenvalue weighted by Gasteiger charge is 2.23. The van der Waals surface area contributed by atoms with E-state index in [2.05, 4.69) is 6.07 Å². The maximum atomic E-state index is 9.22. The van der Waals surface area contributed by atoms with Gasteiger partial charge in [0.1, 0.15) is 5.75 Å². The summed E-state index contributed by atoms with van der Waals surface area (Å²) in [5, 5.41) is 9.22. The monoisotopic (exact) mass is 192 g/mol. The molecule has 0 aromatic heterocycles. The van der Waals surface area contributed by atoms with Gasteiger partial charge < -0.3 is 9.84 Å². The van der Waals surface area contributed by atoms with Crippen molar-refractivity contribution in [2.24, 2.45) is 0 Å². The maximum Gasteiger partial charge on any atom is 0.122 e. The number of benzene rings is 1. The van der Waals surface area contributed by atoms with E-state index >= 15 is 0 Å². The number of aliphatic hydroxyl groups is 1. The Morgan fingerprint density at radius 2 is 2.29 bits per heavy atom. The van der Waals surface area contributed by atoms with Gasteiger partial charge in [0.15, 0.2) is 0 Å². The highest BCUT2D eigenvalue weighted by atomic mass is 16.5. The number of aliphatic hydroxyl groups excluding tert-OH is 1. The van der Waals surface area contributed by atoms with Crippen molar-refractivity contribution in [2.45, 2.75) is 31.8 Å². The summed E-state index contributed by atoms with van der Waals surface area (Å²) < 4.78 is 5.56. The number of para-hydroxylation sites is 1. The second kappa shape index (κ2) is 4.01. The van der Waals surface area contributed by atoms with Gasteiger partial charge in [0.05, 0.1) is 12.7 Å². The summed E-state index contributed by atoms with van der Waals surface area (Å²) in [4.78, 5) is 0. The topological polar surface area (TPSA) is 29.5 Å². The second-order valence-electron chi connectivity index (χ2n) is 3.97. The smallest absolute Gasteiger partial charge is 0.122 e. The van der Waals surface area contributed by atoms with Crippen molar-refractivity contribution < 1.29 is 9.84 Å². The molecule has 1 N–H and O–H groups in total. The molecule has 14 heavy (non-hydrogen) atoms. The van der Waals surface area contributed by atoms with Crippen LogP contribution in [0.1, 0.15) is 31.2 Å². The van der Waals surface area contributed by atoms with Gasteiger partial charge in [0.25, 0.3) is 0 Å². The first-order chi connectivity index (χ1) is 6.77. The zero-order chi connectivity index (χ0) is 9.97. The summed E-state index contributed by atoms with van der Waals surface area (Å²) in [5.74, 6) is 1.49. The third kappa shape index (κ3) is 1.90. The lowest BCUT2D eigenvalue weighted by Crippen LogP contribution is -2.06. The lowest BCUT2D eigenvalue weighted by atomic mass is 9.95. The van der Waals surface area contributed by atoms with Crippen LogP contribution in [0.3, 0.4) is 0 Å². The SMILES string of the molecule is CC(O)CCC1COc2ccccc21. The molecule has 1 aromatic rings. The number of fused-ring (bicyclic) bond motifs is 1. The summed E-state index contributed by atoms with van der Waals surface area (Å²) in [5.41, 5.74) is 1.30. The van der Waals surface area contributed by atoms with Gasteiger partial charge in [0, 0.05) is 11.5 Å². The van der Waals surface area contributed by atoms with Gasteiger partial charge in [-0.1, -0.05) is 18.2 Å². The van der Waals surface area contributed by atoms with Crippen molar-refractivity contribution >= 4 is 0 Å². The Kier molecular flexibility index (Phi) is 2.73. The first-order valence-corrected chi connectivity index (χ1v) is 5.17. The zero-order valence-electron chi connectivity index (χ0n) is 8.44. The van der Waals surface area contributed by atoms with Crippen LogP contribution in [0.5, 0.6) is 5.75 Å². The molecule has 0 radical (unpaired) electrons. The van der Waals surface area contributed by atoms with Gasteiger partial charge in [-0.05, 0) is 25.8 Å². The molecule has 0 spiro atoms. The molecule has 1 aliphatic rings. The Bertz CT molecular complexity index is 307. The summed E-state index contributed by atoms with van der Waals surface area (Å²) >= 11 is 0. The lowest BCUT2D eigenvalue weighted by molar-refractivity contribution is 0.175. The van der Waals surface area contributed by atoms with Crippen LogP contribution in [0.2, 0.25) is 0 Å². The van der Waals surface area contributed by atoms with Crippen molar-refractivity contribution in [2.75, 3.05) is 6.61 Å². The van der Waals surface area contributed by atoms with E-state index in [9.17, 15) is 5.11 Å². The van der Waals surface area contributed by atoms with Gasteiger partial charge in [-0.2, -0.15) is 0 Å². The van der Waals surface area contributed by atoms with Crippen molar-refractivity contribution in [3.05, 3.63) is 29.8 Å². The minimum Gasteiger partial charge on any atom is -0.493 e. The van der Waals surface area contributed by atoms with Crippen molar-refractivity contribution in [3.63, 3.8) is 0 Å². The minimum atomic E-state index is -0.206. The molecule has 0 amide bonds. The molecule has 0 saturated heterocycles. The average molecular weight is 192 g/mol. The van der Waals surface area contributed by atoms with Crippen LogP contribution in [0.4, 0.5) is 0 Å². The minimum absolute atomic E-state index is 0.206. The predicted molar refractivity (Wildman–Crippen MR) is 55.6 cm³/mol. The summed E-state index contributed by atoms with van der Waals surface area (Å²) in [6.07, 6.45) is 1.65. The van der Waals surface area contributed by atoms with Gasteiger partial charge in [-0.25, -0.2) is 0 Å². The molecule has 2 heteroatoms. The fourth-order valence-corrected chi connectivity index (χ4v) is 1.91. The van der Waals surface area contributed by atoms with E-state index in [1.54, 1.807) is 0 Å². The predicted octanol–water partition coefficient (Wildman–Crippen LogP) is 2.32. The summed E-state index contributed by atoms with van der Waals surface area (Å²) in [7, 11) is 0. The number of hydrogen-bond acceptors (Lipinski definition) is 2. The fourth-order valence-electron chi connectivity index (χ4n) is 1.91. The van der Waals surface area contributed by atoms with E-state index in [0.717, 1.165) is 25.2 Å². The Morgan fingerprint density at radius 1 is 1.50 bits per heavy atom. The fraction of sp³-hybridized carbons (Fsp3) is 0.500. The molecule has 1 aromatic carbocycles. The Hall–Kier alpha value is -1.02. The highest BCUT2D eigenvalue weighted by Crippen LogP contribution is 2.36. The number of ether oxygens (including phenoxy) is 1. The van der Waals surface area contributed by atoms with Crippen molar-refractivity contribution in [1.82, 2.24) is 0 Å². The van der Waals surface area contributed by atoms with Crippen LogP contribution < -0.4 is 4.74 Å². The third-order valence-corrected chi connectivity index (χ3v) is 2.73. The molecule has 2 nitrogen and oxygen atoms in total. The molecule has 0 bridgehead atoms. The molecule has 2 atom stereocenters. The largest absolute Gasteiger partial charge is 0.493 e. The molecule has 0 fully saturated rings. The standard InChI is InChI=1S/C12H16O2/c1-9(13)6-7-10-8-14-12-5-3-2-4-11(10)12/h2-5,9-10,13H,6-8H2,1H3. The van der Waals surface area contributed by atoms with Gasteiger partial charge in [0.2, 0.25) is 0 Å². The molecule has 0 saturated carbocycles. The van der Waals surface area contributed by atoms with Crippen LogP contribution in [-0.2, 0) is 0 Å². The first kappa shape index (κ1) is 9.53. The molecule has 2 unspecified atom stereocenters. The molecule has 1 heterocycles. The van der Waals surface area contributed by atoms with Crippen molar-refractivity contribution in [3.8, 4) is 5.75 Å². The highest BCUT2D eigenvalue weighted by molar-refractivity contribution is 5.39. The lowest BCUT2D eigenvalue weighted by Gasteiger charge is -2.09. The molecular formula is C12H16O2. The van der Waals surface area contributed by atoms with E-state index in [4.69, 9.17) is 4.74 Å². The number of hydrogen-bond donors (Lipinski definition) is 1. The Balaban J connectivity index is 2.03. The van der Waals surface area contributed by atoms with E-state index in [1.165, 1.54) is 5.56 Å². The Labute approximate surface area is 84.5 Å². The second-order valence-corrected chi connectivity index (χ2v) is 3.97. The van der Waals surface area contributed by atoms with E-state index in [1.807, 2.05) is 25.1 Å². The molecule has 76 valence electrons. The Morgan fingerprint density at radius 3 is 3.07 bits per heavy atom. The maximum absolute atomic E-state index is 9.22. The van der Waals surface area contributed by atoms with E-state index in [-0.39, 0.29) is 6.10 Å². The molecule has 0 aliphatic carbocycles. The van der Waals surface area contributed by atoms with E-state index in [0.29, 0.717) is 5.92 Å².